The first-order valence-electron chi connectivity index (χ1n) is 8.36. The van der Waals surface area contributed by atoms with Gasteiger partial charge in [-0.15, -0.1) is 11.3 Å². The standard InChI is InChI=1S/C18H18N2O3S/c19-8-12-11-3-1-2-4-13(11)24-17(12)20-16(21)14-9-5-6-10(7-9)15(14)18(22)23/h5-6,9-10,14-15H,1-4,7H2,(H,20,21)(H,22,23)/t9-,10-,14-,15-/m0/s1. The summed E-state index contributed by atoms with van der Waals surface area (Å²) in [6, 6.07) is 2.23. The molecule has 1 amide bonds. The van der Waals surface area contributed by atoms with Gasteiger partial charge in [-0.2, -0.15) is 5.26 Å². The van der Waals surface area contributed by atoms with Crippen molar-refractivity contribution in [2.75, 3.05) is 5.32 Å². The monoisotopic (exact) mass is 342 g/mol. The molecule has 1 aromatic heterocycles. The van der Waals surface area contributed by atoms with Crippen LogP contribution >= 0.6 is 11.3 Å². The van der Waals surface area contributed by atoms with E-state index in [0.717, 1.165) is 37.7 Å². The molecule has 0 aromatic carbocycles. The maximum absolute atomic E-state index is 12.8. The smallest absolute Gasteiger partial charge is 0.307 e. The van der Waals surface area contributed by atoms with Gasteiger partial charge in [-0.05, 0) is 49.5 Å². The highest BCUT2D eigenvalue weighted by Gasteiger charge is 2.51. The van der Waals surface area contributed by atoms with Crippen molar-refractivity contribution >= 4 is 28.2 Å². The largest absolute Gasteiger partial charge is 0.481 e. The quantitative estimate of drug-likeness (QED) is 0.826. The first kappa shape index (κ1) is 15.4. The van der Waals surface area contributed by atoms with Gasteiger partial charge in [0.05, 0.1) is 17.4 Å². The second-order valence-corrected chi connectivity index (χ2v) is 7.96. The Bertz CT molecular complexity index is 789. The van der Waals surface area contributed by atoms with Crippen LogP contribution in [0.4, 0.5) is 5.00 Å². The highest BCUT2D eigenvalue weighted by atomic mass is 32.1. The van der Waals surface area contributed by atoms with Crippen molar-refractivity contribution < 1.29 is 14.7 Å². The minimum atomic E-state index is -0.905. The molecule has 2 bridgehead atoms. The summed E-state index contributed by atoms with van der Waals surface area (Å²) >= 11 is 1.48. The van der Waals surface area contributed by atoms with Crippen LogP contribution in [-0.2, 0) is 22.4 Å². The zero-order valence-electron chi connectivity index (χ0n) is 13.1. The van der Waals surface area contributed by atoms with Crippen LogP contribution in [0.15, 0.2) is 12.2 Å². The van der Waals surface area contributed by atoms with Gasteiger partial charge in [0.2, 0.25) is 5.91 Å². The molecular formula is C18H18N2O3S. The molecule has 4 atom stereocenters. The van der Waals surface area contributed by atoms with Crippen molar-refractivity contribution in [3.8, 4) is 6.07 Å². The molecule has 1 saturated carbocycles. The lowest BCUT2D eigenvalue weighted by molar-refractivity contribution is -0.146. The fourth-order valence-electron chi connectivity index (χ4n) is 4.48. The van der Waals surface area contributed by atoms with Gasteiger partial charge in [-0.3, -0.25) is 9.59 Å². The average molecular weight is 342 g/mol. The third-order valence-corrected chi connectivity index (χ3v) is 6.77. The van der Waals surface area contributed by atoms with E-state index < -0.39 is 17.8 Å². The van der Waals surface area contributed by atoms with Crippen molar-refractivity contribution in [2.24, 2.45) is 23.7 Å². The van der Waals surface area contributed by atoms with Crippen LogP contribution in [0.1, 0.15) is 35.3 Å². The van der Waals surface area contributed by atoms with Crippen molar-refractivity contribution in [3.63, 3.8) is 0 Å². The Balaban J connectivity index is 1.61. The summed E-state index contributed by atoms with van der Waals surface area (Å²) in [5.41, 5.74) is 1.65. The predicted molar refractivity (Wildman–Crippen MR) is 89.7 cm³/mol. The molecule has 124 valence electrons. The Morgan fingerprint density at radius 3 is 2.62 bits per heavy atom. The number of anilines is 1. The van der Waals surface area contributed by atoms with Crippen LogP contribution in [-0.4, -0.2) is 17.0 Å². The third-order valence-electron chi connectivity index (χ3n) is 5.57. The first-order valence-corrected chi connectivity index (χ1v) is 9.18. The Labute approximate surface area is 144 Å². The summed E-state index contributed by atoms with van der Waals surface area (Å²) in [6.45, 7) is 0. The summed E-state index contributed by atoms with van der Waals surface area (Å²) in [7, 11) is 0. The van der Waals surface area contributed by atoms with E-state index in [1.54, 1.807) is 0 Å². The number of aryl methyl sites for hydroxylation is 1. The number of thiophene rings is 1. The highest BCUT2D eigenvalue weighted by Crippen LogP contribution is 2.49. The number of amides is 1. The molecule has 0 aliphatic heterocycles. The van der Waals surface area contributed by atoms with Gasteiger partial charge >= 0.3 is 5.97 Å². The predicted octanol–water partition coefficient (Wildman–Crippen LogP) is 2.96. The molecule has 3 aliphatic carbocycles. The number of aliphatic carboxylic acids is 1. The SMILES string of the molecule is N#Cc1c(NC(=O)[C@@H]2[C@@H](C(=O)O)[C@H]3C=C[C@H]2C3)sc2c1CCCC2. The van der Waals surface area contributed by atoms with E-state index in [1.807, 2.05) is 12.2 Å². The van der Waals surface area contributed by atoms with Gasteiger partial charge in [0, 0.05) is 4.88 Å². The summed E-state index contributed by atoms with van der Waals surface area (Å²) in [4.78, 5) is 25.6. The van der Waals surface area contributed by atoms with E-state index in [-0.39, 0.29) is 17.7 Å². The van der Waals surface area contributed by atoms with E-state index in [0.29, 0.717) is 10.6 Å². The maximum atomic E-state index is 12.8. The minimum Gasteiger partial charge on any atom is -0.481 e. The molecule has 1 heterocycles. The Morgan fingerprint density at radius 2 is 1.92 bits per heavy atom. The van der Waals surface area contributed by atoms with Gasteiger partial charge in [-0.1, -0.05) is 12.2 Å². The molecule has 3 aliphatic rings. The van der Waals surface area contributed by atoms with E-state index in [1.165, 1.54) is 16.2 Å². The van der Waals surface area contributed by atoms with E-state index in [9.17, 15) is 20.0 Å². The van der Waals surface area contributed by atoms with Crippen molar-refractivity contribution in [1.82, 2.24) is 0 Å². The number of hydrogen-bond acceptors (Lipinski definition) is 4. The highest BCUT2D eigenvalue weighted by molar-refractivity contribution is 7.16. The molecular weight excluding hydrogens is 324 g/mol. The molecule has 1 fully saturated rings. The molecule has 0 unspecified atom stereocenters. The summed E-state index contributed by atoms with van der Waals surface area (Å²) in [6.07, 6.45) is 8.67. The maximum Gasteiger partial charge on any atom is 0.307 e. The number of allylic oxidation sites excluding steroid dienone is 2. The number of nitriles is 1. The average Bonchev–Trinajstić information content (AvgIpc) is 3.26. The van der Waals surface area contributed by atoms with E-state index in [2.05, 4.69) is 11.4 Å². The molecule has 2 N–H and O–H groups in total. The van der Waals surface area contributed by atoms with E-state index >= 15 is 0 Å². The lowest BCUT2D eigenvalue weighted by Crippen LogP contribution is -2.36. The molecule has 0 saturated heterocycles. The lowest BCUT2D eigenvalue weighted by Gasteiger charge is -2.23. The Morgan fingerprint density at radius 1 is 1.21 bits per heavy atom. The molecule has 0 radical (unpaired) electrons. The Kier molecular flexibility index (Phi) is 3.69. The number of carbonyl (C=O) groups is 2. The van der Waals surface area contributed by atoms with Crippen LogP contribution < -0.4 is 5.32 Å². The van der Waals surface area contributed by atoms with Crippen molar-refractivity contribution in [1.29, 1.82) is 5.26 Å². The number of fused-ring (bicyclic) bond motifs is 3. The zero-order chi connectivity index (χ0) is 16.8. The number of carbonyl (C=O) groups excluding carboxylic acids is 1. The van der Waals surface area contributed by atoms with Crippen LogP contribution in [0.2, 0.25) is 0 Å². The van der Waals surface area contributed by atoms with Gasteiger partial charge < -0.3 is 10.4 Å². The zero-order valence-corrected chi connectivity index (χ0v) is 13.9. The fourth-order valence-corrected chi connectivity index (χ4v) is 5.73. The van der Waals surface area contributed by atoms with Crippen molar-refractivity contribution in [3.05, 3.63) is 28.2 Å². The van der Waals surface area contributed by atoms with Crippen LogP contribution in [0.5, 0.6) is 0 Å². The number of nitrogens with zero attached hydrogens (tertiary/aromatic N) is 1. The summed E-state index contributed by atoms with van der Waals surface area (Å²) in [5.74, 6) is -2.40. The molecule has 24 heavy (non-hydrogen) atoms. The van der Waals surface area contributed by atoms with Crippen LogP contribution in [0.3, 0.4) is 0 Å². The number of rotatable bonds is 3. The van der Waals surface area contributed by atoms with Gasteiger partial charge in [0.15, 0.2) is 0 Å². The fraction of sp³-hybridized carbons (Fsp3) is 0.500. The number of hydrogen-bond donors (Lipinski definition) is 2. The number of nitrogens with one attached hydrogen (secondary N) is 1. The molecule has 1 aromatic rings. The third kappa shape index (κ3) is 2.27. The van der Waals surface area contributed by atoms with Gasteiger partial charge in [0.1, 0.15) is 11.1 Å². The van der Waals surface area contributed by atoms with Crippen LogP contribution in [0.25, 0.3) is 0 Å². The summed E-state index contributed by atoms with van der Waals surface area (Å²) < 4.78 is 0. The van der Waals surface area contributed by atoms with Crippen molar-refractivity contribution in [2.45, 2.75) is 32.1 Å². The normalized spacial score (nSPS) is 30.0. The first-order chi connectivity index (χ1) is 11.6. The number of carboxylic acid groups (broad SMARTS) is 1. The second-order valence-electron chi connectivity index (χ2n) is 6.85. The van der Waals surface area contributed by atoms with Gasteiger partial charge in [0.25, 0.3) is 0 Å². The molecule has 5 nitrogen and oxygen atoms in total. The Hall–Kier alpha value is -2.13. The van der Waals surface area contributed by atoms with Gasteiger partial charge in [-0.25, -0.2) is 0 Å². The molecule has 4 rings (SSSR count). The van der Waals surface area contributed by atoms with E-state index in [4.69, 9.17) is 0 Å². The molecule has 0 spiro atoms. The number of carboxylic acids is 1. The summed E-state index contributed by atoms with van der Waals surface area (Å²) in [5, 5.41) is 22.5. The second kappa shape index (κ2) is 5.75. The minimum absolute atomic E-state index is 0.00350. The molecule has 6 heteroatoms. The lowest BCUT2D eigenvalue weighted by atomic mass is 9.82. The van der Waals surface area contributed by atoms with Crippen LogP contribution in [0, 0.1) is 35.0 Å². The topological polar surface area (TPSA) is 90.2 Å².